The van der Waals surface area contributed by atoms with E-state index < -0.39 is 10.2 Å². The highest BCUT2D eigenvalue weighted by molar-refractivity contribution is 5.56. The number of azo groups is 1. The van der Waals surface area contributed by atoms with Crippen molar-refractivity contribution >= 4 is 17.7 Å². The number of hydrazone groups is 1. The van der Waals surface area contributed by atoms with Crippen LogP contribution in [0.3, 0.4) is 0 Å². The van der Waals surface area contributed by atoms with Gasteiger partial charge in [0.1, 0.15) is 6.34 Å². The summed E-state index contributed by atoms with van der Waals surface area (Å²) in [6, 6.07) is 8.15. The number of anilines is 1. The Hall–Kier alpha value is -1.98. The van der Waals surface area contributed by atoms with Crippen LogP contribution < -0.4 is 18.9 Å². The molecule has 0 saturated carbocycles. The van der Waals surface area contributed by atoms with E-state index >= 15 is 0 Å². The molecule has 1 heterocycles. The molecule has 1 N–H and O–H groups in total. The molecule has 1 aromatic carbocycles. The summed E-state index contributed by atoms with van der Waals surface area (Å²) < 4.78 is 32.7. The molecule has 0 fully saturated rings. The first kappa shape index (κ1) is 21.1. The molecule has 0 saturated heterocycles. The van der Waals surface area contributed by atoms with Gasteiger partial charge in [0.25, 0.3) is 0 Å². The standard InChI is InChI=1S/C14H22N6.ClHO4/c1-5-20(6-2)13-9-7-12(8-10-13)16-17-14-18(3)11-15-19(14)4;2-1(3,4)5/h7-11,14H,5-6H2,1-4H3;(H,2,3,4,5). The fraction of sp³-hybridized carbons (Fsp3) is 0.500. The largest absolute Gasteiger partial charge is 0.372 e. The number of nitrogens with zero attached hydrogens (tertiary/aromatic N) is 6. The summed E-state index contributed by atoms with van der Waals surface area (Å²) in [5, 5.41) is 14.5. The van der Waals surface area contributed by atoms with Crippen molar-refractivity contribution in [1.82, 2.24) is 9.91 Å². The van der Waals surface area contributed by atoms with Gasteiger partial charge in [-0.1, -0.05) is 0 Å². The Bertz CT molecular complexity index is 556. The molecule has 25 heavy (non-hydrogen) atoms. The zero-order valence-corrected chi connectivity index (χ0v) is 15.4. The van der Waals surface area contributed by atoms with Crippen molar-refractivity contribution in [2.45, 2.75) is 20.1 Å². The van der Waals surface area contributed by atoms with Crippen molar-refractivity contribution in [3.63, 3.8) is 0 Å². The summed E-state index contributed by atoms with van der Waals surface area (Å²) in [4.78, 5) is 4.21. The molecule has 0 aliphatic carbocycles. The molecule has 140 valence electrons. The molecule has 0 bridgehead atoms. The van der Waals surface area contributed by atoms with Crippen LogP contribution in [-0.2, 0) is 0 Å². The summed E-state index contributed by atoms with van der Waals surface area (Å²) in [6.07, 6.45) is 1.59. The molecule has 2 rings (SSSR count). The Kier molecular flexibility index (Phi) is 8.00. The second kappa shape index (κ2) is 9.49. The zero-order chi connectivity index (χ0) is 19.0. The average molecular weight is 375 g/mol. The first-order valence-corrected chi connectivity index (χ1v) is 8.80. The predicted octanol–water partition coefficient (Wildman–Crippen LogP) is -1.40. The number of hydrogen-bond donors (Lipinski definition) is 1. The lowest BCUT2D eigenvalue weighted by atomic mass is 10.2. The van der Waals surface area contributed by atoms with Crippen molar-refractivity contribution < 1.29 is 28.9 Å². The summed E-state index contributed by atoms with van der Waals surface area (Å²) in [5.41, 5.74) is 2.07. The van der Waals surface area contributed by atoms with Gasteiger partial charge in [-0.15, -0.1) is 5.11 Å². The van der Waals surface area contributed by atoms with E-state index in [0.717, 1.165) is 18.8 Å². The van der Waals surface area contributed by atoms with Gasteiger partial charge in [-0.3, -0.25) is 5.01 Å². The van der Waals surface area contributed by atoms with Crippen LogP contribution in [0.5, 0.6) is 0 Å². The Morgan fingerprint density at radius 1 is 1.16 bits per heavy atom. The van der Waals surface area contributed by atoms with E-state index in [2.05, 4.69) is 46.2 Å². The molecule has 1 aromatic rings. The van der Waals surface area contributed by atoms with E-state index in [1.54, 1.807) is 11.3 Å². The molecular weight excluding hydrogens is 352 g/mol. The fourth-order valence-corrected chi connectivity index (χ4v) is 2.14. The SMILES string of the molecule is CCN(CC)c1ccc(N=NC2N(C)C=NN2C)cc1.[O-][Cl+3]([O-])([O-])O. The van der Waals surface area contributed by atoms with E-state index in [0.29, 0.717) is 0 Å². The van der Waals surface area contributed by atoms with Gasteiger partial charge < -0.3 is 9.80 Å². The summed E-state index contributed by atoms with van der Waals surface area (Å²) in [5.74, 6) is 0. The second-order valence-electron chi connectivity index (χ2n) is 5.12. The maximum absolute atomic E-state index is 8.60. The first-order valence-electron chi connectivity index (χ1n) is 7.53. The zero-order valence-electron chi connectivity index (χ0n) is 14.6. The van der Waals surface area contributed by atoms with E-state index in [4.69, 9.17) is 18.6 Å². The van der Waals surface area contributed by atoms with Gasteiger partial charge in [-0.2, -0.15) is 24.2 Å². The molecule has 0 radical (unpaired) electrons. The van der Waals surface area contributed by atoms with Crippen LogP contribution in [0.25, 0.3) is 0 Å². The van der Waals surface area contributed by atoms with E-state index in [1.165, 1.54) is 5.69 Å². The Balaban J connectivity index is 0.000000550. The minimum atomic E-state index is -4.69. The Morgan fingerprint density at radius 2 is 1.68 bits per heavy atom. The Labute approximate surface area is 149 Å². The lowest BCUT2D eigenvalue weighted by molar-refractivity contribution is -1.92. The van der Waals surface area contributed by atoms with Crippen LogP contribution in [0.2, 0.25) is 0 Å². The van der Waals surface area contributed by atoms with Crippen molar-refractivity contribution in [3.05, 3.63) is 24.3 Å². The molecule has 0 aromatic heterocycles. The highest BCUT2D eigenvalue weighted by atomic mass is 35.7. The summed E-state index contributed by atoms with van der Waals surface area (Å²) >= 11 is 0. The van der Waals surface area contributed by atoms with Crippen LogP contribution in [0.15, 0.2) is 39.6 Å². The third kappa shape index (κ3) is 7.63. The average Bonchev–Trinajstić information content (AvgIpc) is 2.85. The lowest BCUT2D eigenvalue weighted by Crippen LogP contribution is -2.58. The molecule has 10 nitrogen and oxygen atoms in total. The minimum absolute atomic E-state index is 0.155. The summed E-state index contributed by atoms with van der Waals surface area (Å²) in [6.45, 7) is 6.32. The number of benzene rings is 1. The monoisotopic (exact) mass is 374 g/mol. The maximum Gasteiger partial charge on any atom is 0.233 e. The van der Waals surface area contributed by atoms with Crippen LogP contribution in [0.4, 0.5) is 11.4 Å². The van der Waals surface area contributed by atoms with Crippen LogP contribution in [-0.4, -0.2) is 54.4 Å². The third-order valence-electron chi connectivity index (χ3n) is 3.37. The number of hydrogen-bond acceptors (Lipinski definition) is 10. The third-order valence-corrected chi connectivity index (χ3v) is 3.37. The van der Waals surface area contributed by atoms with Crippen LogP contribution >= 0.6 is 0 Å². The number of halogens is 1. The van der Waals surface area contributed by atoms with Gasteiger partial charge in [-0.05, 0) is 38.1 Å². The van der Waals surface area contributed by atoms with Crippen LogP contribution in [0, 0.1) is 10.2 Å². The molecule has 1 aliphatic rings. The highest BCUT2D eigenvalue weighted by Gasteiger charge is 2.20. The molecule has 11 heteroatoms. The van der Waals surface area contributed by atoms with E-state index in [-0.39, 0.29) is 6.29 Å². The second-order valence-corrected chi connectivity index (χ2v) is 5.91. The van der Waals surface area contributed by atoms with Crippen molar-refractivity contribution in [2.24, 2.45) is 15.3 Å². The smallest absolute Gasteiger partial charge is 0.233 e. The summed E-state index contributed by atoms with van der Waals surface area (Å²) in [7, 11) is -0.882. The van der Waals surface area contributed by atoms with Gasteiger partial charge in [0.15, 0.2) is 0 Å². The first-order chi connectivity index (χ1) is 11.7. The normalized spacial score (nSPS) is 17.0. The molecule has 1 unspecified atom stereocenters. The molecule has 0 spiro atoms. The van der Waals surface area contributed by atoms with E-state index in [9.17, 15) is 0 Å². The topological polar surface area (TPSA) is 136 Å². The van der Waals surface area contributed by atoms with E-state index in [1.807, 2.05) is 31.1 Å². The van der Waals surface area contributed by atoms with Crippen molar-refractivity contribution in [3.8, 4) is 0 Å². The maximum atomic E-state index is 8.60. The highest BCUT2D eigenvalue weighted by Crippen LogP contribution is 2.21. The minimum Gasteiger partial charge on any atom is -0.372 e. The molecule has 1 atom stereocenters. The van der Waals surface area contributed by atoms with Gasteiger partial charge in [0.2, 0.25) is 6.29 Å². The molecule has 0 amide bonds. The lowest BCUT2D eigenvalue weighted by Gasteiger charge is -2.21. The fourth-order valence-electron chi connectivity index (χ4n) is 2.14. The van der Waals surface area contributed by atoms with Gasteiger partial charge >= 0.3 is 0 Å². The quantitative estimate of drug-likeness (QED) is 0.625. The van der Waals surface area contributed by atoms with Gasteiger partial charge in [0.05, 0.1) is 20.6 Å². The van der Waals surface area contributed by atoms with Gasteiger partial charge in [0, 0.05) is 32.9 Å². The van der Waals surface area contributed by atoms with Crippen molar-refractivity contribution in [1.29, 1.82) is 0 Å². The van der Waals surface area contributed by atoms with Crippen LogP contribution in [0.1, 0.15) is 13.8 Å². The predicted molar refractivity (Wildman–Crippen MR) is 84.5 cm³/mol. The van der Waals surface area contributed by atoms with Crippen molar-refractivity contribution in [2.75, 3.05) is 32.1 Å². The number of rotatable bonds is 5. The molecule has 1 aliphatic heterocycles. The molecular formula is C14H23ClN6O4. The Morgan fingerprint density at radius 3 is 2.08 bits per heavy atom. The van der Waals surface area contributed by atoms with Gasteiger partial charge in [-0.25, -0.2) is 0 Å².